The second kappa shape index (κ2) is 6.24. The minimum Gasteiger partial charge on any atom is -0.374 e. The predicted octanol–water partition coefficient (Wildman–Crippen LogP) is 1.59. The summed E-state index contributed by atoms with van der Waals surface area (Å²) in [5.41, 5.74) is 0. The normalized spacial score (nSPS) is 24.1. The van der Waals surface area contributed by atoms with E-state index in [1.807, 2.05) is 6.20 Å². The third kappa shape index (κ3) is 3.70. The SMILES string of the molecule is CC(C)CN1C(=O)/C(=C/N2CCN(C)CC2)SC1=S. The molecule has 0 bridgehead atoms. The van der Waals surface area contributed by atoms with Crippen molar-refractivity contribution < 1.29 is 4.79 Å². The zero-order valence-corrected chi connectivity index (χ0v) is 13.4. The molecule has 0 saturated carbocycles. The van der Waals surface area contributed by atoms with Crippen molar-refractivity contribution in [2.75, 3.05) is 39.8 Å². The summed E-state index contributed by atoms with van der Waals surface area (Å²) in [4.78, 5) is 19.3. The van der Waals surface area contributed by atoms with Crippen LogP contribution in [0.2, 0.25) is 0 Å². The van der Waals surface area contributed by atoms with E-state index in [0.717, 1.165) is 31.1 Å². The molecule has 2 saturated heterocycles. The van der Waals surface area contributed by atoms with E-state index >= 15 is 0 Å². The maximum atomic E-state index is 12.3. The van der Waals surface area contributed by atoms with Gasteiger partial charge in [0.05, 0.1) is 4.91 Å². The molecule has 6 heteroatoms. The van der Waals surface area contributed by atoms with Crippen LogP contribution < -0.4 is 0 Å². The number of piperazine rings is 1. The fraction of sp³-hybridized carbons (Fsp3) is 0.692. The highest BCUT2D eigenvalue weighted by molar-refractivity contribution is 8.26. The summed E-state index contributed by atoms with van der Waals surface area (Å²) >= 11 is 6.73. The van der Waals surface area contributed by atoms with Crippen molar-refractivity contribution in [2.24, 2.45) is 5.92 Å². The Morgan fingerprint density at radius 3 is 2.53 bits per heavy atom. The van der Waals surface area contributed by atoms with Gasteiger partial charge >= 0.3 is 0 Å². The Bertz CT molecular complexity index is 401. The number of carbonyl (C=O) groups excluding carboxylic acids is 1. The number of rotatable bonds is 3. The number of thiocarbonyl (C=S) groups is 1. The van der Waals surface area contributed by atoms with Crippen LogP contribution in [0.25, 0.3) is 0 Å². The molecule has 0 radical (unpaired) electrons. The molecule has 2 aliphatic heterocycles. The third-order valence-electron chi connectivity index (χ3n) is 3.26. The van der Waals surface area contributed by atoms with Gasteiger partial charge in [-0.15, -0.1) is 0 Å². The van der Waals surface area contributed by atoms with E-state index in [4.69, 9.17) is 12.2 Å². The van der Waals surface area contributed by atoms with Crippen molar-refractivity contribution in [3.63, 3.8) is 0 Å². The maximum absolute atomic E-state index is 12.3. The number of hydrogen-bond donors (Lipinski definition) is 0. The van der Waals surface area contributed by atoms with E-state index in [-0.39, 0.29) is 5.91 Å². The highest BCUT2D eigenvalue weighted by Crippen LogP contribution is 2.31. The summed E-state index contributed by atoms with van der Waals surface area (Å²) in [5.74, 6) is 0.508. The van der Waals surface area contributed by atoms with Crippen molar-refractivity contribution in [1.29, 1.82) is 0 Å². The van der Waals surface area contributed by atoms with Crippen LogP contribution in [0, 0.1) is 5.92 Å². The first kappa shape index (κ1) is 14.8. The van der Waals surface area contributed by atoms with E-state index in [9.17, 15) is 4.79 Å². The lowest BCUT2D eigenvalue weighted by molar-refractivity contribution is -0.122. The number of amides is 1. The van der Waals surface area contributed by atoms with Gasteiger partial charge in [-0.3, -0.25) is 9.69 Å². The van der Waals surface area contributed by atoms with Crippen molar-refractivity contribution in [1.82, 2.24) is 14.7 Å². The summed E-state index contributed by atoms with van der Waals surface area (Å²) in [5, 5.41) is 0. The van der Waals surface area contributed by atoms with Gasteiger partial charge in [0.1, 0.15) is 4.32 Å². The van der Waals surface area contributed by atoms with Gasteiger partial charge in [0.15, 0.2) is 0 Å². The molecule has 0 aliphatic carbocycles. The molecule has 2 heterocycles. The van der Waals surface area contributed by atoms with Gasteiger partial charge in [-0.1, -0.05) is 37.8 Å². The van der Waals surface area contributed by atoms with Gasteiger partial charge in [0.2, 0.25) is 0 Å². The Labute approximate surface area is 124 Å². The standard InChI is InChI=1S/C13H21N3OS2/c1-10(2)8-16-12(17)11(19-13(16)18)9-15-6-4-14(3)5-7-15/h9-10H,4-8H2,1-3H3/b11-9-. The lowest BCUT2D eigenvalue weighted by atomic mass is 10.2. The third-order valence-corrected chi connectivity index (χ3v) is 4.62. The fourth-order valence-electron chi connectivity index (χ4n) is 2.13. The molecule has 4 nitrogen and oxygen atoms in total. The minimum absolute atomic E-state index is 0.0719. The highest BCUT2D eigenvalue weighted by Gasteiger charge is 2.32. The Hall–Kier alpha value is -0.590. The van der Waals surface area contributed by atoms with Crippen LogP contribution >= 0.6 is 24.0 Å². The molecule has 0 unspecified atom stereocenters. The Morgan fingerprint density at radius 1 is 1.32 bits per heavy atom. The molecule has 2 fully saturated rings. The molecule has 0 atom stereocenters. The first-order valence-electron chi connectivity index (χ1n) is 6.65. The van der Waals surface area contributed by atoms with Crippen LogP contribution in [0.1, 0.15) is 13.8 Å². The van der Waals surface area contributed by atoms with E-state index in [1.54, 1.807) is 4.90 Å². The van der Waals surface area contributed by atoms with E-state index in [0.29, 0.717) is 16.8 Å². The number of carbonyl (C=O) groups is 1. The fourth-order valence-corrected chi connectivity index (χ4v) is 3.41. The van der Waals surface area contributed by atoms with Crippen LogP contribution in [0.3, 0.4) is 0 Å². The first-order chi connectivity index (χ1) is 8.97. The van der Waals surface area contributed by atoms with E-state index in [1.165, 1.54) is 11.8 Å². The zero-order valence-electron chi connectivity index (χ0n) is 11.8. The van der Waals surface area contributed by atoms with Crippen LogP contribution in [0.4, 0.5) is 0 Å². The summed E-state index contributed by atoms with van der Waals surface area (Å²) in [6.07, 6.45) is 1.99. The second-order valence-corrected chi connectivity index (χ2v) is 7.19. The Balaban J connectivity index is 2.01. The number of nitrogens with zero attached hydrogens (tertiary/aromatic N) is 3. The molecule has 0 spiro atoms. The van der Waals surface area contributed by atoms with E-state index < -0.39 is 0 Å². The Morgan fingerprint density at radius 2 is 1.95 bits per heavy atom. The summed E-state index contributed by atoms with van der Waals surface area (Å²) in [7, 11) is 2.12. The monoisotopic (exact) mass is 299 g/mol. The first-order valence-corrected chi connectivity index (χ1v) is 7.88. The molecule has 2 aliphatic rings. The van der Waals surface area contributed by atoms with E-state index in [2.05, 4.69) is 30.7 Å². The molecular weight excluding hydrogens is 278 g/mol. The minimum atomic E-state index is 0.0719. The largest absolute Gasteiger partial charge is 0.374 e. The number of hydrogen-bond acceptors (Lipinski definition) is 5. The van der Waals surface area contributed by atoms with Crippen LogP contribution in [-0.4, -0.2) is 64.7 Å². The predicted molar refractivity (Wildman–Crippen MR) is 83.9 cm³/mol. The maximum Gasteiger partial charge on any atom is 0.267 e. The van der Waals surface area contributed by atoms with Gasteiger partial charge in [-0.25, -0.2) is 0 Å². The number of thioether (sulfide) groups is 1. The summed E-state index contributed by atoms with van der Waals surface area (Å²) in [6.45, 7) is 8.96. The lowest BCUT2D eigenvalue weighted by Gasteiger charge is -2.31. The van der Waals surface area contributed by atoms with Crippen molar-refractivity contribution >= 4 is 34.2 Å². The summed E-state index contributed by atoms with van der Waals surface area (Å²) < 4.78 is 0.694. The van der Waals surface area contributed by atoms with Crippen LogP contribution in [-0.2, 0) is 4.79 Å². The van der Waals surface area contributed by atoms with Gasteiger partial charge in [-0.05, 0) is 13.0 Å². The average molecular weight is 299 g/mol. The van der Waals surface area contributed by atoms with Crippen molar-refractivity contribution in [3.8, 4) is 0 Å². The van der Waals surface area contributed by atoms with Gasteiger partial charge in [0, 0.05) is 38.9 Å². The van der Waals surface area contributed by atoms with Gasteiger partial charge in [-0.2, -0.15) is 0 Å². The zero-order chi connectivity index (χ0) is 14.0. The smallest absolute Gasteiger partial charge is 0.267 e. The van der Waals surface area contributed by atoms with Gasteiger partial charge < -0.3 is 9.80 Å². The second-order valence-electron chi connectivity index (χ2n) is 5.51. The molecule has 0 aromatic rings. The molecule has 106 valence electrons. The highest BCUT2D eigenvalue weighted by atomic mass is 32.2. The number of likely N-dealkylation sites (N-methyl/N-ethyl adjacent to an activating group) is 1. The van der Waals surface area contributed by atoms with Gasteiger partial charge in [0.25, 0.3) is 5.91 Å². The lowest BCUT2D eigenvalue weighted by Crippen LogP contribution is -2.42. The van der Waals surface area contributed by atoms with Crippen molar-refractivity contribution in [3.05, 3.63) is 11.1 Å². The molecule has 1 amide bonds. The summed E-state index contributed by atoms with van der Waals surface area (Å²) in [6, 6.07) is 0. The molecule has 0 aromatic heterocycles. The molecule has 0 aromatic carbocycles. The molecular formula is C13H21N3OS2. The van der Waals surface area contributed by atoms with Crippen LogP contribution in [0.15, 0.2) is 11.1 Å². The van der Waals surface area contributed by atoms with Crippen LogP contribution in [0.5, 0.6) is 0 Å². The molecule has 2 rings (SSSR count). The Kier molecular flexibility index (Phi) is 4.86. The topological polar surface area (TPSA) is 26.8 Å². The average Bonchev–Trinajstić information content (AvgIpc) is 2.60. The molecule has 19 heavy (non-hydrogen) atoms. The quantitative estimate of drug-likeness (QED) is 0.583. The van der Waals surface area contributed by atoms with Crippen molar-refractivity contribution in [2.45, 2.75) is 13.8 Å². The molecule has 0 N–H and O–H groups in total.